The number of nitrogens with zero attached hydrogens (tertiary/aromatic N) is 2. The number of unbranched alkanes of at least 4 members (excludes halogenated alkanes) is 1. The molecule has 3 heteroatoms. The van der Waals surface area contributed by atoms with Crippen LogP contribution in [0.2, 0.25) is 0 Å². The maximum Gasteiger partial charge on any atom is 0.0542 e. The first-order valence-corrected chi connectivity index (χ1v) is 7.60. The highest BCUT2D eigenvalue weighted by molar-refractivity contribution is 5.46. The molecule has 0 aliphatic carbocycles. The van der Waals surface area contributed by atoms with Gasteiger partial charge in [0.15, 0.2) is 0 Å². The number of anilines is 1. The van der Waals surface area contributed by atoms with Crippen LogP contribution in [0, 0.1) is 0 Å². The number of aryl methyl sites for hydroxylation is 2. The van der Waals surface area contributed by atoms with Crippen LogP contribution in [0.1, 0.15) is 50.8 Å². The third-order valence-corrected chi connectivity index (χ3v) is 3.63. The molecule has 1 aromatic heterocycles. The van der Waals surface area contributed by atoms with E-state index < -0.39 is 0 Å². The SMILES string of the molecule is CCCCc1ccc(NC(C)c2cnn(CC)c2)cc1. The van der Waals surface area contributed by atoms with Crippen LogP contribution in [0.4, 0.5) is 5.69 Å². The van der Waals surface area contributed by atoms with Crippen molar-refractivity contribution in [1.29, 1.82) is 0 Å². The Hall–Kier alpha value is -1.77. The van der Waals surface area contributed by atoms with E-state index in [4.69, 9.17) is 0 Å². The Morgan fingerprint density at radius 1 is 1.20 bits per heavy atom. The zero-order chi connectivity index (χ0) is 14.4. The highest BCUT2D eigenvalue weighted by Crippen LogP contribution is 2.19. The van der Waals surface area contributed by atoms with E-state index in [0.717, 1.165) is 6.54 Å². The van der Waals surface area contributed by atoms with Crippen LogP contribution in [0.5, 0.6) is 0 Å². The lowest BCUT2D eigenvalue weighted by Gasteiger charge is -2.14. The predicted octanol–water partition coefficient (Wildman–Crippen LogP) is 4.42. The summed E-state index contributed by atoms with van der Waals surface area (Å²) in [5.74, 6) is 0. The number of benzene rings is 1. The standard InChI is InChI=1S/C17H25N3/c1-4-6-7-15-8-10-17(11-9-15)19-14(3)16-12-18-20(5-2)13-16/h8-14,19H,4-7H2,1-3H3. The molecule has 3 nitrogen and oxygen atoms in total. The van der Waals surface area contributed by atoms with E-state index in [-0.39, 0.29) is 6.04 Å². The maximum atomic E-state index is 4.32. The summed E-state index contributed by atoms with van der Waals surface area (Å²) < 4.78 is 1.96. The zero-order valence-corrected chi connectivity index (χ0v) is 12.8. The average molecular weight is 271 g/mol. The van der Waals surface area contributed by atoms with Crippen LogP contribution < -0.4 is 5.32 Å². The zero-order valence-electron chi connectivity index (χ0n) is 12.8. The predicted molar refractivity (Wildman–Crippen MR) is 85.0 cm³/mol. The summed E-state index contributed by atoms with van der Waals surface area (Å²) in [4.78, 5) is 0. The van der Waals surface area contributed by atoms with Gasteiger partial charge in [0.1, 0.15) is 0 Å². The van der Waals surface area contributed by atoms with Gasteiger partial charge in [-0.3, -0.25) is 4.68 Å². The second-order valence-electron chi connectivity index (χ2n) is 5.30. The summed E-state index contributed by atoms with van der Waals surface area (Å²) in [6, 6.07) is 9.06. The Morgan fingerprint density at radius 3 is 2.55 bits per heavy atom. The van der Waals surface area contributed by atoms with E-state index in [0.29, 0.717) is 0 Å². The smallest absolute Gasteiger partial charge is 0.0542 e. The fourth-order valence-corrected chi connectivity index (χ4v) is 2.26. The molecule has 0 radical (unpaired) electrons. The van der Waals surface area contributed by atoms with Gasteiger partial charge in [0.2, 0.25) is 0 Å². The van der Waals surface area contributed by atoms with Crippen molar-refractivity contribution >= 4 is 5.69 Å². The van der Waals surface area contributed by atoms with E-state index in [2.05, 4.69) is 61.6 Å². The minimum Gasteiger partial charge on any atom is -0.378 e. The second-order valence-corrected chi connectivity index (χ2v) is 5.30. The Kier molecular flexibility index (Phi) is 5.22. The van der Waals surface area contributed by atoms with Gasteiger partial charge in [-0.05, 0) is 44.4 Å². The van der Waals surface area contributed by atoms with Gasteiger partial charge < -0.3 is 5.32 Å². The maximum absolute atomic E-state index is 4.32. The topological polar surface area (TPSA) is 29.9 Å². The van der Waals surface area contributed by atoms with E-state index in [1.54, 1.807) is 0 Å². The minimum absolute atomic E-state index is 0.275. The first-order valence-electron chi connectivity index (χ1n) is 7.60. The van der Waals surface area contributed by atoms with Crippen molar-refractivity contribution in [2.45, 2.75) is 52.6 Å². The molecule has 0 aliphatic heterocycles. The van der Waals surface area contributed by atoms with Crippen molar-refractivity contribution in [3.8, 4) is 0 Å². The molecule has 0 amide bonds. The van der Waals surface area contributed by atoms with Crippen molar-refractivity contribution in [1.82, 2.24) is 9.78 Å². The number of hydrogen-bond acceptors (Lipinski definition) is 2. The Bertz CT molecular complexity index is 513. The molecule has 2 rings (SSSR count). The minimum atomic E-state index is 0.275. The molecule has 0 saturated carbocycles. The van der Waals surface area contributed by atoms with Gasteiger partial charge in [0, 0.05) is 24.0 Å². The fraction of sp³-hybridized carbons (Fsp3) is 0.471. The number of hydrogen-bond donors (Lipinski definition) is 1. The van der Waals surface area contributed by atoms with Crippen molar-refractivity contribution in [2.24, 2.45) is 0 Å². The summed E-state index contributed by atoms with van der Waals surface area (Å²) in [5, 5.41) is 7.85. The first kappa shape index (κ1) is 14.6. The molecule has 0 spiro atoms. The fourth-order valence-electron chi connectivity index (χ4n) is 2.26. The van der Waals surface area contributed by atoms with Crippen LogP contribution in [0.3, 0.4) is 0 Å². The van der Waals surface area contributed by atoms with Crippen molar-refractivity contribution < 1.29 is 0 Å². The number of aromatic nitrogens is 2. The highest BCUT2D eigenvalue weighted by atomic mass is 15.3. The first-order chi connectivity index (χ1) is 9.72. The molecule has 0 fully saturated rings. The number of rotatable bonds is 7. The second kappa shape index (κ2) is 7.13. The van der Waals surface area contributed by atoms with Gasteiger partial charge in [-0.25, -0.2) is 0 Å². The summed E-state index contributed by atoms with van der Waals surface area (Å²) in [5.41, 5.74) is 3.81. The number of nitrogens with one attached hydrogen (secondary N) is 1. The van der Waals surface area contributed by atoms with E-state index in [1.165, 1.54) is 36.1 Å². The average Bonchev–Trinajstić information content (AvgIpc) is 2.95. The van der Waals surface area contributed by atoms with Gasteiger partial charge in [0.25, 0.3) is 0 Å². The molecule has 2 aromatic rings. The molecular formula is C17H25N3. The third kappa shape index (κ3) is 3.86. The van der Waals surface area contributed by atoms with Gasteiger partial charge >= 0.3 is 0 Å². The van der Waals surface area contributed by atoms with E-state index in [1.807, 2.05) is 10.9 Å². The molecule has 108 valence electrons. The molecule has 1 heterocycles. The summed E-state index contributed by atoms with van der Waals surface area (Å²) in [7, 11) is 0. The molecular weight excluding hydrogens is 246 g/mol. The van der Waals surface area contributed by atoms with Gasteiger partial charge in [-0.2, -0.15) is 5.10 Å². The molecule has 1 unspecified atom stereocenters. The molecule has 0 bridgehead atoms. The van der Waals surface area contributed by atoms with Crippen LogP contribution in [0.15, 0.2) is 36.7 Å². The Balaban J connectivity index is 1.95. The lowest BCUT2D eigenvalue weighted by molar-refractivity contribution is 0.658. The van der Waals surface area contributed by atoms with Gasteiger partial charge in [-0.1, -0.05) is 25.5 Å². The highest BCUT2D eigenvalue weighted by Gasteiger charge is 2.07. The normalized spacial score (nSPS) is 12.3. The quantitative estimate of drug-likeness (QED) is 0.808. The molecule has 1 aromatic carbocycles. The molecule has 0 aliphatic rings. The lowest BCUT2D eigenvalue weighted by atomic mass is 10.1. The van der Waals surface area contributed by atoms with Crippen LogP contribution >= 0.6 is 0 Å². The molecule has 20 heavy (non-hydrogen) atoms. The van der Waals surface area contributed by atoms with Crippen LogP contribution in [-0.2, 0) is 13.0 Å². The van der Waals surface area contributed by atoms with E-state index in [9.17, 15) is 0 Å². The summed E-state index contributed by atoms with van der Waals surface area (Å²) >= 11 is 0. The lowest BCUT2D eigenvalue weighted by Crippen LogP contribution is -2.05. The van der Waals surface area contributed by atoms with Gasteiger partial charge in [0.05, 0.1) is 12.2 Å². The largest absolute Gasteiger partial charge is 0.378 e. The van der Waals surface area contributed by atoms with E-state index >= 15 is 0 Å². The Morgan fingerprint density at radius 2 is 1.95 bits per heavy atom. The van der Waals surface area contributed by atoms with Crippen molar-refractivity contribution in [3.63, 3.8) is 0 Å². The monoisotopic (exact) mass is 271 g/mol. The molecule has 1 N–H and O–H groups in total. The van der Waals surface area contributed by atoms with Gasteiger partial charge in [-0.15, -0.1) is 0 Å². The van der Waals surface area contributed by atoms with Crippen molar-refractivity contribution in [2.75, 3.05) is 5.32 Å². The third-order valence-electron chi connectivity index (χ3n) is 3.63. The van der Waals surface area contributed by atoms with Crippen LogP contribution in [-0.4, -0.2) is 9.78 Å². The molecule has 0 saturated heterocycles. The molecule has 1 atom stereocenters. The summed E-state index contributed by atoms with van der Waals surface area (Å²) in [6.07, 6.45) is 7.73. The van der Waals surface area contributed by atoms with Crippen molar-refractivity contribution in [3.05, 3.63) is 47.8 Å². The van der Waals surface area contributed by atoms with Crippen LogP contribution in [0.25, 0.3) is 0 Å². The summed E-state index contributed by atoms with van der Waals surface area (Å²) in [6.45, 7) is 7.42. The Labute approximate surface area is 122 Å².